The maximum absolute atomic E-state index is 10.3. The molecule has 0 radical (unpaired) electrons. The van der Waals surface area contributed by atoms with Crippen LogP contribution in [0.1, 0.15) is 60.3 Å². The zero-order valence-corrected chi connectivity index (χ0v) is 14.2. The van der Waals surface area contributed by atoms with Gasteiger partial charge in [-0.25, -0.2) is 19.6 Å². The minimum atomic E-state index is -0.0653. The lowest BCUT2D eigenvalue weighted by atomic mass is 9.63. The molecule has 2 unspecified atom stereocenters. The predicted octanol–water partition coefficient (Wildman–Crippen LogP) is 3.49. The zero-order chi connectivity index (χ0) is 17.2. The molecule has 0 saturated heterocycles. The first-order chi connectivity index (χ1) is 10.2. The molecule has 0 aromatic heterocycles. The zero-order valence-electron chi connectivity index (χ0n) is 14.2. The van der Waals surface area contributed by atoms with E-state index in [4.69, 9.17) is 5.21 Å². The lowest BCUT2D eigenvalue weighted by Crippen LogP contribution is -2.39. The van der Waals surface area contributed by atoms with E-state index in [1.807, 2.05) is 6.92 Å². The van der Waals surface area contributed by atoms with Crippen LogP contribution in [0.5, 0.6) is 0 Å². The second-order valence-corrected chi connectivity index (χ2v) is 7.03. The molecule has 6 nitrogen and oxygen atoms in total. The second kappa shape index (κ2) is 9.29. The van der Waals surface area contributed by atoms with E-state index >= 15 is 0 Å². The average Bonchev–Trinajstić information content (AvgIpc) is 2.43. The molecular formula is C16H27N3O3. The number of rotatable bonds is 4. The van der Waals surface area contributed by atoms with Crippen molar-refractivity contribution in [2.45, 2.75) is 66.3 Å². The molecule has 1 saturated carbocycles. The van der Waals surface area contributed by atoms with Gasteiger partial charge >= 0.3 is 0 Å². The summed E-state index contributed by atoms with van der Waals surface area (Å²) < 4.78 is 0. The highest BCUT2D eigenvalue weighted by molar-refractivity contribution is 5.80. The van der Waals surface area contributed by atoms with Gasteiger partial charge in [0, 0.05) is 0 Å². The van der Waals surface area contributed by atoms with E-state index in [9.17, 15) is 9.59 Å². The number of nitrogens with zero attached hydrogens (tertiary/aromatic N) is 3. The van der Waals surface area contributed by atoms with Gasteiger partial charge in [0.05, 0.1) is 18.3 Å². The van der Waals surface area contributed by atoms with Crippen molar-refractivity contribution < 1.29 is 14.8 Å². The Bertz CT molecular complexity index is 475. The maximum Gasteiger partial charge on any atom is 0.235 e. The molecule has 0 heterocycles. The summed E-state index contributed by atoms with van der Waals surface area (Å²) in [5.41, 5.74) is 0.829. The van der Waals surface area contributed by atoms with Crippen molar-refractivity contribution >= 4 is 17.9 Å². The molecule has 1 N–H and O–H groups in total. The van der Waals surface area contributed by atoms with Crippen LogP contribution in [0.15, 0.2) is 15.1 Å². The van der Waals surface area contributed by atoms with Gasteiger partial charge in [-0.1, -0.05) is 32.9 Å². The number of isocyanates is 2. The summed E-state index contributed by atoms with van der Waals surface area (Å²) in [5.74, 6) is 0. The fourth-order valence-corrected chi connectivity index (χ4v) is 3.16. The van der Waals surface area contributed by atoms with Gasteiger partial charge in [-0.15, -0.1) is 0 Å². The summed E-state index contributed by atoms with van der Waals surface area (Å²) >= 11 is 0. The molecule has 2 atom stereocenters. The summed E-state index contributed by atoms with van der Waals surface area (Å²) in [6, 6.07) is 0.00750. The van der Waals surface area contributed by atoms with Crippen LogP contribution in [-0.2, 0) is 9.59 Å². The first kappa shape index (κ1) is 20.2. The van der Waals surface area contributed by atoms with E-state index in [0.29, 0.717) is 6.54 Å². The predicted molar refractivity (Wildman–Crippen MR) is 85.8 cm³/mol. The molecule has 0 spiro atoms. The standard InChI is InChI=1S/C12H18N2O2.C4H9NO/c1-11(2)4-10(14-9-16)5-12(3,6-11)7-13-8-15;1-3-4(2)5-6/h10H,4-7H2,1-3H3;6H,3H2,1-2H3. The van der Waals surface area contributed by atoms with Gasteiger partial charge in [-0.3, -0.25) is 0 Å². The smallest absolute Gasteiger partial charge is 0.235 e. The van der Waals surface area contributed by atoms with E-state index in [0.717, 1.165) is 31.4 Å². The van der Waals surface area contributed by atoms with Crippen molar-refractivity contribution in [1.29, 1.82) is 0 Å². The Morgan fingerprint density at radius 1 is 1.23 bits per heavy atom. The lowest BCUT2D eigenvalue weighted by molar-refractivity contribution is 0.0915. The Morgan fingerprint density at radius 2 is 1.86 bits per heavy atom. The topological polar surface area (TPSA) is 91.5 Å². The monoisotopic (exact) mass is 309 g/mol. The van der Waals surface area contributed by atoms with Crippen LogP contribution in [0.3, 0.4) is 0 Å². The summed E-state index contributed by atoms with van der Waals surface area (Å²) in [7, 11) is 0. The first-order valence-corrected chi connectivity index (χ1v) is 7.50. The molecule has 0 bridgehead atoms. The second-order valence-electron chi connectivity index (χ2n) is 7.03. The molecule has 22 heavy (non-hydrogen) atoms. The van der Waals surface area contributed by atoms with E-state index in [1.54, 1.807) is 19.1 Å². The maximum atomic E-state index is 10.3. The van der Waals surface area contributed by atoms with Gasteiger partial charge in [0.1, 0.15) is 0 Å². The van der Waals surface area contributed by atoms with Crippen molar-refractivity contribution in [1.82, 2.24) is 0 Å². The third-order valence-electron chi connectivity index (χ3n) is 3.86. The van der Waals surface area contributed by atoms with Gasteiger partial charge in [0.25, 0.3) is 0 Å². The van der Waals surface area contributed by atoms with Gasteiger partial charge in [0.2, 0.25) is 12.2 Å². The highest BCUT2D eigenvalue weighted by Crippen LogP contribution is 2.47. The Kier molecular flexibility index (Phi) is 8.54. The molecule has 6 heteroatoms. The molecule has 0 aromatic rings. The van der Waals surface area contributed by atoms with Crippen molar-refractivity contribution in [3.05, 3.63) is 0 Å². The Hall–Kier alpha value is -1.77. The summed E-state index contributed by atoms with van der Waals surface area (Å²) in [6.45, 7) is 10.6. The largest absolute Gasteiger partial charge is 0.411 e. The van der Waals surface area contributed by atoms with Crippen LogP contribution >= 0.6 is 0 Å². The first-order valence-electron chi connectivity index (χ1n) is 7.50. The molecule has 1 rings (SSSR count). The van der Waals surface area contributed by atoms with Gasteiger partial charge in [-0.05, 0) is 43.4 Å². The van der Waals surface area contributed by atoms with Crippen LogP contribution in [0.4, 0.5) is 0 Å². The third-order valence-corrected chi connectivity index (χ3v) is 3.86. The van der Waals surface area contributed by atoms with Crippen LogP contribution in [0.2, 0.25) is 0 Å². The van der Waals surface area contributed by atoms with Crippen molar-refractivity contribution in [3.63, 3.8) is 0 Å². The third kappa shape index (κ3) is 7.87. The number of hydrogen-bond donors (Lipinski definition) is 1. The summed E-state index contributed by atoms with van der Waals surface area (Å²) in [6.07, 6.45) is 6.71. The minimum Gasteiger partial charge on any atom is -0.411 e. The van der Waals surface area contributed by atoms with Gasteiger partial charge < -0.3 is 5.21 Å². The molecule has 0 aliphatic heterocycles. The van der Waals surface area contributed by atoms with Crippen LogP contribution in [-0.4, -0.2) is 35.7 Å². The quantitative estimate of drug-likeness (QED) is 0.373. The Balaban J connectivity index is 0.000000626. The van der Waals surface area contributed by atoms with Crippen molar-refractivity contribution in [2.24, 2.45) is 26.0 Å². The van der Waals surface area contributed by atoms with Crippen LogP contribution < -0.4 is 0 Å². The van der Waals surface area contributed by atoms with Gasteiger partial charge in [-0.2, -0.15) is 0 Å². The van der Waals surface area contributed by atoms with E-state index in [2.05, 4.69) is 35.9 Å². The van der Waals surface area contributed by atoms with E-state index in [-0.39, 0.29) is 16.9 Å². The highest BCUT2D eigenvalue weighted by atomic mass is 16.4. The molecule has 0 amide bonds. The SMILES string of the molecule is CC1(C)CC(N=C=O)CC(C)(CN=C=O)C1.CCC(C)=NO. The number of carbonyl (C=O) groups excluding carboxylic acids is 2. The van der Waals surface area contributed by atoms with Gasteiger partial charge in [0.15, 0.2) is 0 Å². The minimum absolute atomic E-state index is 0.00750. The number of oxime groups is 1. The van der Waals surface area contributed by atoms with E-state index in [1.165, 1.54) is 0 Å². The number of hydrogen-bond acceptors (Lipinski definition) is 6. The normalized spacial score (nSPS) is 26.8. The fourth-order valence-electron chi connectivity index (χ4n) is 3.16. The average molecular weight is 309 g/mol. The molecule has 1 aliphatic carbocycles. The summed E-state index contributed by atoms with van der Waals surface area (Å²) in [5, 5.41) is 10.8. The molecule has 0 aromatic carbocycles. The lowest BCUT2D eigenvalue weighted by Gasteiger charge is -2.44. The van der Waals surface area contributed by atoms with Crippen LogP contribution in [0.25, 0.3) is 0 Å². The molecule has 124 valence electrons. The van der Waals surface area contributed by atoms with Crippen LogP contribution in [0, 0.1) is 10.8 Å². The Labute approximate surface area is 132 Å². The Morgan fingerprint density at radius 3 is 2.27 bits per heavy atom. The molecule has 1 fully saturated rings. The molecular weight excluding hydrogens is 282 g/mol. The summed E-state index contributed by atoms with van der Waals surface area (Å²) in [4.78, 5) is 28.0. The van der Waals surface area contributed by atoms with Crippen molar-refractivity contribution in [3.8, 4) is 0 Å². The fraction of sp³-hybridized carbons (Fsp3) is 0.812. The number of aliphatic imine (C=N–C) groups is 2. The van der Waals surface area contributed by atoms with E-state index < -0.39 is 0 Å². The van der Waals surface area contributed by atoms with Crippen molar-refractivity contribution in [2.75, 3.05) is 6.54 Å². The molecule has 1 aliphatic rings. The highest BCUT2D eigenvalue weighted by Gasteiger charge is 2.41.